The molecular weight excluding hydrogens is 698 g/mol. The van der Waals surface area contributed by atoms with Crippen molar-refractivity contribution >= 4 is 5.97 Å². The van der Waals surface area contributed by atoms with Crippen LogP contribution in [0.4, 0.5) is 0 Å². The van der Waals surface area contributed by atoms with E-state index in [1.807, 2.05) is 0 Å². The third-order valence-corrected chi connectivity index (χ3v) is 9.86. The fraction of sp³-hybridized carbons (Fsp3) is 0.966. The number of rotatable bonds is 13. The smallest absolute Gasteiger partial charge is 0.364 e. The highest BCUT2D eigenvalue weighted by atomic mass is 16.8. The first-order valence-electron chi connectivity index (χ1n) is 16.5. The Hall–Kier alpha value is -1.33. The molecule has 4 fully saturated rings. The molecule has 8 unspecified atom stereocenters. The van der Waals surface area contributed by atoms with Crippen LogP contribution in [0.25, 0.3) is 0 Å². The first-order valence-corrected chi connectivity index (χ1v) is 16.5. The lowest BCUT2D eigenvalue weighted by molar-refractivity contribution is -0.370. The lowest BCUT2D eigenvalue weighted by Crippen LogP contribution is -2.67. The van der Waals surface area contributed by atoms with E-state index in [9.17, 15) is 71.2 Å². The number of carboxylic acid groups (broad SMARTS) is 1. The van der Waals surface area contributed by atoms with Gasteiger partial charge in [0.05, 0.1) is 50.8 Å². The van der Waals surface area contributed by atoms with E-state index in [4.69, 9.17) is 38.9 Å². The number of carboxylic acids is 1. The van der Waals surface area contributed by atoms with Crippen LogP contribution in [0.5, 0.6) is 0 Å². The van der Waals surface area contributed by atoms with Gasteiger partial charge in [-0.15, -0.1) is 0 Å². The summed E-state index contributed by atoms with van der Waals surface area (Å²) in [6.07, 6.45) is -29.5. The molecule has 298 valence electrons. The van der Waals surface area contributed by atoms with Crippen LogP contribution in [0, 0.1) is 5.92 Å². The van der Waals surface area contributed by atoms with Crippen molar-refractivity contribution in [2.45, 2.75) is 142 Å². The molecule has 4 saturated heterocycles. The molecule has 0 spiro atoms. The van der Waals surface area contributed by atoms with Gasteiger partial charge in [-0.05, 0) is 6.92 Å². The van der Waals surface area contributed by atoms with Gasteiger partial charge in [0.25, 0.3) is 5.79 Å². The van der Waals surface area contributed by atoms with E-state index in [0.29, 0.717) is 0 Å². The molecule has 0 aromatic carbocycles. The summed E-state index contributed by atoms with van der Waals surface area (Å²) in [6.45, 7) is -0.285. The molecule has 0 bridgehead atoms. The molecule has 4 aliphatic heterocycles. The molecule has 0 radical (unpaired) electrons. The van der Waals surface area contributed by atoms with Crippen LogP contribution in [0.2, 0.25) is 0 Å². The summed E-state index contributed by atoms with van der Waals surface area (Å²) in [5.74, 6) is -5.57. The van der Waals surface area contributed by atoms with Crippen LogP contribution in [0.15, 0.2) is 0 Å². The third-order valence-electron chi connectivity index (χ3n) is 9.86. The zero-order valence-corrected chi connectivity index (χ0v) is 27.7. The summed E-state index contributed by atoms with van der Waals surface area (Å²) in [5, 5.41) is 134. The SMILES string of the molecule is CC1C(O)[C@H](OC2OC(CO[C@]3(C(=O)O)C[C@@H](O)[C@@H](N)C([C@H](O)C(O)CO)O3)[C@H](O)[C@H](O)[C@@H]2O)[C@H](CO)O[C@H]1O[C@@H]1C(O)[C@H](O)C(CO)O[C@@H]1C. The zero-order valence-electron chi connectivity index (χ0n) is 27.7. The Morgan fingerprint density at radius 3 is 1.96 bits per heavy atom. The fourth-order valence-corrected chi connectivity index (χ4v) is 6.58. The molecule has 0 saturated carbocycles. The van der Waals surface area contributed by atoms with Gasteiger partial charge in [-0.2, -0.15) is 0 Å². The van der Waals surface area contributed by atoms with Crippen molar-refractivity contribution < 1.29 is 104 Å². The molecule has 0 amide bonds. The van der Waals surface area contributed by atoms with E-state index in [1.165, 1.54) is 13.8 Å². The predicted octanol–water partition coefficient (Wildman–Crippen LogP) is -8.23. The van der Waals surface area contributed by atoms with Crippen LogP contribution in [0.3, 0.4) is 0 Å². The number of aliphatic hydroxyl groups is 12. The maximum atomic E-state index is 12.4. The quantitative estimate of drug-likeness (QED) is 0.0831. The van der Waals surface area contributed by atoms with E-state index in [0.717, 1.165) is 0 Å². The summed E-state index contributed by atoms with van der Waals surface area (Å²) in [7, 11) is 0. The highest BCUT2D eigenvalue weighted by molar-refractivity contribution is 5.76. The van der Waals surface area contributed by atoms with Crippen molar-refractivity contribution in [1.29, 1.82) is 0 Å². The van der Waals surface area contributed by atoms with Gasteiger partial charge in [0, 0.05) is 12.3 Å². The van der Waals surface area contributed by atoms with Crippen LogP contribution in [-0.4, -0.2) is 221 Å². The maximum Gasteiger partial charge on any atom is 0.364 e. The van der Waals surface area contributed by atoms with Crippen LogP contribution >= 0.6 is 0 Å². The molecular formula is C29H51NO21. The standard InChI is InChI=1S/C29H51NO21/c1-8-16(36)24(13(6-33)47-26(8)49-23-9(2)46-12(5-32)18(38)21(23)41)50-27-22(42)20(40)19(39)14(48-27)7-45-29(28(43)44)3-10(34)15(30)25(51-29)17(37)11(35)4-31/h8-27,31-42H,3-7,30H2,1-2H3,(H,43,44)/t8?,9-,10-,11?,12?,13+,14?,15-,16?,17-,18-,19+,20+,21?,22+,23+,24-,25?,26+,27?,29-/m1/s1. The van der Waals surface area contributed by atoms with Gasteiger partial charge in [-0.3, -0.25) is 0 Å². The second-order valence-electron chi connectivity index (χ2n) is 13.4. The van der Waals surface area contributed by atoms with Crippen molar-refractivity contribution in [1.82, 2.24) is 0 Å². The Kier molecular flexibility index (Phi) is 14.5. The zero-order chi connectivity index (χ0) is 38.1. The van der Waals surface area contributed by atoms with Crippen LogP contribution in [-0.2, 0) is 38.0 Å². The van der Waals surface area contributed by atoms with Crippen molar-refractivity contribution in [2.75, 3.05) is 26.4 Å². The molecule has 0 aromatic rings. The number of carbonyl (C=O) groups is 1. The minimum atomic E-state index is -2.76. The molecule has 4 aliphatic rings. The highest BCUT2D eigenvalue weighted by Crippen LogP contribution is 2.36. The largest absolute Gasteiger partial charge is 0.477 e. The minimum absolute atomic E-state index is 0.573. The van der Waals surface area contributed by atoms with Gasteiger partial charge in [0.2, 0.25) is 0 Å². The van der Waals surface area contributed by atoms with Crippen molar-refractivity contribution in [2.24, 2.45) is 11.7 Å². The summed E-state index contributed by atoms with van der Waals surface area (Å²) >= 11 is 0. The van der Waals surface area contributed by atoms with Crippen LogP contribution < -0.4 is 5.73 Å². The molecule has 15 N–H and O–H groups in total. The predicted molar refractivity (Wildman–Crippen MR) is 160 cm³/mol. The average Bonchev–Trinajstić information content (AvgIpc) is 3.10. The van der Waals surface area contributed by atoms with E-state index in [1.54, 1.807) is 0 Å². The minimum Gasteiger partial charge on any atom is -0.477 e. The number of hydrogen-bond donors (Lipinski definition) is 14. The Bertz CT molecular complexity index is 1120. The van der Waals surface area contributed by atoms with Gasteiger partial charge in [-0.1, -0.05) is 6.92 Å². The number of aliphatic carboxylic acids is 1. The molecule has 4 heterocycles. The summed E-state index contributed by atoms with van der Waals surface area (Å²) < 4.78 is 39.4. The van der Waals surface area contributed by atoms with Gasteiger partial charge in [-0.25, -0.2) is 4.79 Å². The topological polar surface area (TPSA) is 371 Å². The van der Waals surface area contributed by atoms with Gasteiger partial charge >= 0.3 is 5.97 Å². The van der Waals surface area contributed by atoms with Crippen molar-refractivity contribution in [3.8, 4) is 0 Å². The molecule has 51 heavy (non-hydrogen) atoms. The van der Waals surface area contributed by atoms with E-state index >= 15 is 0 Å². The first kappa shape index (κ1) is 42.4. The maximum absolute atomic E-state index is 12.4. The van der Waals surface area contributed by atoms with E-state index < -0.39 is 167 Å². The number of ether oxygens (including phenoxy) is 7. The van der Waals surface area contributed by atoms with Gasteiger partial charge < -0.3 is 105 Å². The summed E-state index contributed by atoms with van der Waals surface area (Å²) in [4.78, 5) is 12.4. The highest BCUT2D eigenvalue weighted by Gasteiger charge is 2.57. The molecule has 22 nitrogen and oxygen atoms in total. The van der Waals surface area contributed by atoms with Gasteiger partial charge in [0.1, 0.15) is 79.4 Å². The second kappa shape index (κ2) is 17.4. The Morgan fingerprint density at radius 2 is 1.37 bits per heavy atom. The first-order chi connectivity index (χ1) is 23.9. The second-order valence-corrected chi connectivity index (χ2v) is 13.4. The number of nitrogens with two attached hydrogens (primary N) is 1. The molecule has 4 rings (SSSR count). The summed E-state index contributed by atoms with van der Waals surface area (Å²) in [6, 6.07) is -1.44. The van der Waals surface area contributed by atoms with E-state index in [2.05, 4.69) is 0 Å². The Labute approximate surface area is 291 Å². The normalized spacial score (nSPS) is 49.3. The molecule has 21 atom stereocenters. The lowest BCUT2D eigenvalue weighted by Gasteiger charge is -2.49. The fourth-order valence-electron chi connectivity index (χ4n) is 6.58. The number of aliphatic hydroxyl groups excluding tert-OH is 12. The molecule has 22 heteroatoms. The van der Waals surface area contributed by atoms with Crippen LogP contribution in [0.1, 0.15) is 20.3 Å². The third kappa shape index (κ3) is 8.66. The molecule has 0 aliphatic carbocycles. The lowest BCUT2D eigenvalue weighted by atomic mass is 9.89. The van der Waals surface area contributed by atoms with Gasteiger partial charge in [0.15, 0.2) is 12.6 Å². The monoisotopic (exact) mass is 749 g/mol. The Balaban J connectivity index is 1.46. The van der Waals surface area contributed by atoms with Crippen molar-refractivity contribution in [3.63, 3.8) is 0 Å². The van der Waals surface area contributed by atoms with Crippen molar-refractivity contribution in [3.05, 3.63) is 0 Å². The summed E-state index contributed by atoms with van der Waals surface area (Å²) in [5.41, 5.74) is 5.86. The number of hydrogen-bond acceptors (Lipinski definition) is 21. The average molecular weight is 750 g/mol. The molecule has 0 aromatic heterocycles. The van der Waals surface area contributed by atoms with E-state index in [-0.39, 0.29) is 0 Å². The Morgan fingerprint density at radius 1 is 0.784 bits per heavy atom.